The van der Waals surface area contributed by atoms with Crippen molar-refractivity contribution in [1.82, 2.24) is 9.80 Å². The number of esters is 1. The zero-order chi connectivity index (χ0) is 22.9. The number of hydrogen-bond donors (Lipinski definition) is 0. The van der Waals surface area contributed by atoms with E-state index in [2.05, 4.69) is 0 Å². The zero-order valence-corrected chi connectivity index (χ0v) is 18.8. The minimum absolute atomic E-state index is 0.0545. The third-order valence-electron chi connectivity index (χ3n) is 5.11. The molecule has 1 aliphatic heterocycles. The summed E-state index contributed by atoms with van der Waals surface area (Å²) < 4.78 is 10.7. The molecule has 8 heteroatoms. The molecule has 3 rings (SSSR count). The van der Waals surface area contributed by atoms with Gasteiger partial charge in [0.25, 0.3) is 5.91 Å². The molecule has 0 radical (unpaired) electrons. The minimum Gasteiger partial charge on any atom is -0.492 e. The van der Waals surface area contributed by atoms with Gasteiger partial charge in [0.1, 0.15) is 11.5 Å². The SMILES string of the molecule is CC(=O)Oc1cccc(C(=O)N2CCCN(C(=O)CCCOc3ccccc3Cl)CC2)c1. The van der Waals surface area contributed by atoms with Crippen LogP contribution in [0.2, 0.25) is 5.02 Å². The third-order valence-corrected chi connectivity index (χ3v) is 5.42. The van der Waals surface area contributed by atoms with Crippen LogP contribution in [0, 0.1) is 0 Å². The van der Waals surface area contributed by atoms with E-state index in [1.807, 2.05) is 12.1 Å². The van der Waals surface area contributed by atoms with Crippen LogP contribution in [0.25, 0.3) is 0 Å². The molecule has 2 aromatic carbocycles. The molecule has 0 atom stereocenters. The second-order valence-electron chi connectivity index (χ2n) is 7.53. The van der Waals surface area contributed by atoms with Crippen LogP contribution in [0.15, 0.2) is 48.5 Å². The molecular formula is C24H27ClN2O5. The van der Waals surface area contributed by atoms with Gasteiger partial charge in [-0.1, -0.05) is 29.8 Å². The molecule has 0 bridgehead atoms. The van der Waals surface area contributed by atoms with E-state index in [4.69, 9.17) is 21.1 Å². The normalized spacial score (nSPS) is 13.9. The molecule has 2 amide bonds. The number of nitrogens with zero attached hydrogens (tertiary/aromatic N) is 2. The first-order chi connectivity index (χ1) is 15.4. The second-order valence-corrected chi connectivity index (χ2v) is 7.94. The van der Waals surface area contributed by atoms with E-state index in [9.17, 15) is 14.4 Å². The molecule has 0 N–H and O–H groups in total. The van der Waals surface area contributed by atoms with Crippen molar-refractivity contribution in [1.29, 1.82) is 0 Å². The summed E-state index contributed by atoms with van der Waals surface area (Å²) in [7, 11) is 0. The molecular weight excluding hydrogens is 432 g/mol. The summed E-state index contributed by atoms with van der Waals surface area (Å²) in [6.45, 7) is 3.85. The topological polar surface area (TPSA) is 76.2 Å². The molecule has 1 heterocycles. The Labute approximate surface area is 192 Å². The first-order valence-corrected chi connectivity index (χ1v) is 11.0. The fourth-order valence-electron chi connectivity index (χ4n) is 3.54. The van der Waals surface area contributed by atoms with E-state index in [-0.39, 0.29) is 11.8 Å². The largest absolute Gasteiger partial charge is 0.492 e. The third kappa shape index (κ3) is 6.72. The highest BCUT2D eigenvalue weighted by molar-refractivity contribution is 6.32. The predicted molar refractivity (Wildman–Crippen MR) is 121 cm³/mol. The van der Waals surface area contributed by atoms with Crippen molar-refractivity contribution in [2.45, 2.75) is 26.2 Å². The van der Waals surface area contributed by atoms with Gasteiger partial charge in [0.15, 0.2) is 0 Å². The molecule has 7 nitrogen and oxygen atoms in total. The Bertz CT molecular complexity index is 965. The Hall–Kier alpha value is -3.06. The first kappa shape index (κ1) is 23.6. The number of ether oxygens (including phenoxy) is 2. The standard InChI is InChI=1S/C24H27ClN2O5/c1-18(28)32-20-8-4-7-19(17-20)24(30)27-13-6-12-26(14-15-27)23(29)11-5-16-31-22-10-3-2-9-21(22)25/h2-4,7-10,17H,5-6,11-16H2,1H3. The Morgan fingerprint density at radius 3 is 2.50 bits per heavy atom. The van der Waals surface area contributed by atoms with Gasteiger partial charge in [0, 0.05) is 45.1 Å². The van der Waals surface area contributed by atoms with Crippen molar-refractivity contribution in [2.24, 2.45) is 0 Å². The molecule has 0 aromatic heterocycles. The summed E-state index contributed by atoms with van der Waals surface area (Å²) in [6, 6.07) is 13.8. The van der Waals surface area contributed by atoms with Crippen molar-refractivity contribution in [3.63, 3.8) is 0 Å². The first-order valence-electron chi connectivity index (χ1n) is 10.7. The van der Waals surface area contributed by atoms with Crippen LogP contribution in [-0.4, -0.2) is 60.4 Å². The van der Waals surface area contributed by atoms with E-state index < -0.39 is 5.97 Å². The lowest BCUT2D eigenvalue weighted by atomic mass is 10.2. The average Bonchev–Trinajstić information content (AvgIpc) is 3.03. The van der Waals surface area contributed by atoms with Gasteiger partial charge in [-0.25, -0.2) is 0 Å². The Balaban J connectivity index is 1.47. The van der Waals surface area contributed by atoms with Crippen LogP contribution < -0.4 is 9.47 Å². The molecule has 0 unspecified atom stereocenters. The van der Waals surface area contributed by atoms with E-state index in [0.29, 0.717) is 74.1 Å². The number of para-hydroxylation sites is 1. The van der Waals surface area contributed by atoms with Gasteiger partial charge in [0.2, 0.25) is 5.91 Å². The smallest absolute Gasteiger partial charge is 0.308 e. The summed E-state index contributed by atoms with van der Waals surface area (Å²) in [5, 5.41) is 0.550. The lowest BCUT2D eigenvalue weighted by Gasteiger charge is -2.22. The Morgan fingerprint density at radius 1 is 0.969 bits per heavy atom. The highest BCUT2D eigenvalue weighted by Gasteiger charge is 2.23. The molecule has 0 aliphatic carbocycles. The maximum atomic E-state index is 12.9. The van der Waals surface area contributed by atoms with Crippen molar-refractivity contribution in [3.8, 4) is 11.5 Å². The molecule has 0 spiro atoms. The molecule has 1 fully saturated rings. The van der Waals surface area contributed by atoms with Crippen LogP contribution in [0.5, 0.6) is 11.5 Å². The fraction of sp³-hybridized carbons (Fsp3) is 0.375. The van der Waals surface area contributed by atoms with Crippen LogP contribution in [0.1, 0.15) is 36.5 Å². The second kappa shape index (κ2) is 11.5. The van der Waals surface area contributed by atoms with Crippen molar-refractivity contribution in [2.75, 3.05) is 32.8 Å². The van der Waals surface area contributed by atoms with Gasteiger partial charge in [0.05, 0.1) is 11.6 Å². The summed E-state index contributed by atoms with van der Waals surface area (Å²) in [5.41, 5.74) is 0.459. The molecule has 1 saturated heterocycles. The van der Waals surface area contributed by atoms with Crippen molar-refractivity contribution in [3.05, 3.63) is 59.1 Å². The molecule has 2 aromatic rings. The minimum atomic E-state index is -0.434. The molecule has 1 aliphatic rings. The number of hydrogen-bond acceptors (Lipinski definition) is 5. The summed E-state index contributed by atoms with van der Waals surface area (Å²) in [6.07, 6.45) is 1.67. The van der Waals surface area contributed by atoms with Crippen LogP contribution >= 0.6 is 11.6 Å². The predicted octanol–water partition coefficient (Wildman–Crippen LogP) is 3.80. The van der Waals surface area contributed by atoms with Crippen molar-refractivity contribution < 1.29 is 23.9 Å². The number of rotatable bonds is 7. The highest BCUT2D eigenvalue weighted by Crippen LogP contribution is 2.23. The van der Waals surface area contributed by atoms with Gasteiger partial charge < -0.3 is 19.3 Å². The zero-order valence-electron chi connectivity index (χ0n) is 18.1. The van der Waals surface area contributed by atoms with Gasteiger partial charge in [-0.05, 0) is 43.2 Å². The van der Waals surface area contributed by atoms with Gasteiger partial charge in [-0.2, -0.15) is 0 Å². The van der Waals surface area contributed by atoms with Gasteiger partial charge in [-0.3, -0.25) is 14.4 Å². The number of amides is 2. The molecule has 170 valence electrons. The van der Waals surface area contributed by atoms with Crippen molar-refractivity contribution >= 4 is 29.4 Å². The average molecular weight is 459 g/mol. The molecule has 32 heavy (non-hydrogen) atoms. The number of carbonyl (C=O) groups excluding carboxylic acids is 3. The molecule has 0 saturated carbocycles. The fourth-order valence-corrected chi connectivity index (χ4v) is 3.73. The van der Waals surface area contributed by atoms with E-state index in [0.717, 1.165) is 0 Å². The van der Waals surface area contributed by atoms with Gasteiger partial charge >= 0.3 is 5.97 Å². The lowest BCUT2D eigenvalue weighted by Crippen LogP contribution is -2.37. The van der Waals surface area contributed by atoms with Crippen LogP contribution in [-0.2, 0) is 9.59 Å². The summed E-state index contributed by atoms with van der Waals surface area (Å²) >= 11 is 6.07. The van der Waals surface area contributed by atoms with E-state index in [1.165, 1.54) is 6.92 Å². The van der Waals surface area contributed by atoms with E-state index >= 15 is 0 Å². The van der Waals surface area contributed by atoms with Crippen LogP contribution in [0.3, 0.4) is 0 Å². The maximum absolute atomic E-state index is 12.9. The number of benzene rings is 2. The number of halogens is 1. The summed E-state index contributed by atoms with van der Waals surface area (Å²) in [4.78, 5) is 40.2. The number of carbonyl (C=O) groups is 3. The van der Waals surface area contributed by atoms with Crippen LogP contribution in [0.4, 0.5) is 0 Å². The monoisotopic (exact) mass is 458 g/mol. The highest BCUT2D eigenvalue weighted by atomic mass is 35.5. The quantitative estimate of drug-likeness (QED) is 0.358. The Kier molecular flexibility index (Phi) is 8.50. The van der Waals surface area contributed by atoms with Gasteiger partial charge in [-0.15, -0.1) is 0 Å². The Morgan fingerprint density at radius 2 is 1.72 bits per heavy atom. The maximum Gasteiger partial charge on any atom is 0.308 e. The summed E-state index contributed by atoms with van der Waals surface area (Å²) in [5.74, 6) is 0.438. The lowest BCUT2D eigenvalue weighted by molar-refractivity contribution is -0.132. The van der Waals surface area contributed by atoms with E-state index in [1.54, 1.807) is 46.2 Å².